The molecule has 4 aromatic rings. The topological polar surface area (TPSA) is 95.1 Å². The second kappa shape index (κ2) is 7.05. The maximum Gasteiger partial charge on any atom is 0.435 e. The minimum atomic E-state index is -0.574. The molecule has 3 heterocycles. The maximum atomic E-state index is 12.1. The summed E-state index contributed by atoms with van der Waals surface area (Å²) >= 11 is 0. The van der Waals surface area contributed by atoms with Gasteiger partial charge in [-0.25, -0.2) is 14.8 Å². The zero-order valence-corrected chi connectivity index (χ0v) is 16.6. The minimum absolute atomic E-state index is 0.511. The van der Waals surface area contributed by atoms with Gasteiger partial charge < -0.3 is 14.5 Å². The Bertz CT molecular complexity index is 1170. The van der Waals surface area contributed by atoms with Crippen molar-refractivity contribution < 1.29 is 13.9 Å². The molecule has 148 valence electrons. The monoisotopic (exact) mass is 391 g/mol. The molecule has 29 heavy (non-hydrogen) atoms. The van der Waals surface area contributed by atoms with Crippen LogP contribution in [0.3, 0.4) is 0 Å². The highest BCUT2D eigenvalue weighted by Gasteiger charge is 2.18. The van der Waals surface area contributed by atoms with Crippen LogP contribution in [0, 0.1) is 6.92 Å². The van der Waals surface area contributed by atoms with E-state index < -0.39 is 11.7 Å². The predicted molar refractivity (Wildman–Crippen MR) is 109 cm³/mol. The van der Waals surface area contributed by atoms with Crippen LogP contribution in [0.2, 0.25) is 0 Å². The number of ether oxygens (including phenoxy) is 1. The van der Waals surface area contributed by atoms with Crippen LogP contribution in [0.1, 0.15) is 26.6 Å². The molecule has 1 N–H and O–H groups in total. The van der Waals surface area contributed by atoms with Crippen molar-refractivity contribution in [3.05, 3.63) is 54.8 Å². The highest BCUT2D eigenvalue weighted by atomic mass is 16.6. The molecule has 0 saturated carbocycles. The van der Waals surface area contributed by atoms with Crippen molar-refractivity contribution in [3.8, 4) is 11.1 Å². The number of hydrogen-bond donors (Lipinski definition) is 1. The highest BCUT2D eigenvalue weighted by molar-refractivity contribution is 5.85. The van der Waals surface area contributed by atoms with E-state index in [2.05, 4.69) is 20.4 Å². The van der Waals surface area contributed by atoms with Crippen molar-refractivity contribution in [2.75, 3.05) is 5.32 Å². The van der Waals surface area contributed by atoms with Gasteiger partial charge in [-0.1, -0.05) is 12.1 Å². The van der Waals surface area contributed by atoms with Crippen LogP contribution < -0.4 is 5.32 Å². The number of hydrogen-bond acceptors (Lipinski definition) is 7. The number of furan rings is 1. The van der Waals surface area contributed by atoms with E-state index in [1.165, 1.54) is 4.68 Å². The van der Waals surface area contributed by atoms with Gasteiger partial charge in [0, 0.05) is 23.5 Å². The lowest BCUT2D eigenvalue weighted by Gasteiger charge is -2.18. The number of aryl methyl sites for hydroxylation is 1. The van der Waals surface area contributed by atoms with Gasteiger partial charge in [0.2, 0.25) is 0 Å². The molecular formula is C21H21N5O3. The van der Waals surface area contributed by atoms with Gasteiger partial charge in [-0.15, -0.1) is 0 Å². The fourth-order valence-electron chi connectivity index (χ4n) is 2.83. The lowest BCUT2D eigenvalue weighted by molar-refractivity contribution is 0.0514. The van der Waals surface area contributed by atoms with Crippen molar-refractivity contribution in [1.82, 2.24) is 19.7 Å². The summed E-state index contributed by atoms with van der Waals surface area (Å²) < 4.78 is 12.0. The van der Waals surface area contributed by atoms with Gasteiger partial charge >= 0.3 is 6.09 Å². The van der Waals surface area contributed by atoms with E-state index in [9.17, 15) is 4.79 Å². The molecule has 0 unspecified atom stereocenters. The standard InChI is InChI=1S/C21H21N5O3/c1-13-23-17-9-10-28-18(17)19(24-13)25-16-7-5-14(6-8-16)15-11-22-26(12-15)20(27)29-21(2,3)4/h5-12H,1-4H3,(H,23,24,25). The number of nitrogens with zero attached hydrogens (tertiary/aromatic N) is 4. The first kappa shape index (κ1) is 18.7. The Morgan fingerprint density at radius 2 is 1.86 bits per heavy atom. The molecule has 8 heteroatoms. The lowest BCUT2D eigenvalue weighted by atomic mass is 10.1. The molecule has 0 aliphatic heterocycles. The van der Waals surface area contributed by atoms with E-state index in [1.807, 2.05) is 52.0 Å². The van der Waals surface area contributed by atoms with E-state index >= 15 is 0 Å². The molecule has 0 radical (unpaired) electrons. The Kier molecular flexibility index (Phi) is 4.54. The number of benzene rings is 1. The number of aromatic nitrogens is 4. The number of carbonyl (C=O) groups is 1. The summed E-state index contributed by atoms with van der Waals surface area (Å²) in [5, 5.41) is 7.36. The van der Waals surface area contributed by atoms with Gasteiger partial charge in [0.05, 0.1) is 12.5 Å². The summed E-state index contributed by atoms with van der Waals surface area (Å²) in [5.41, 5.74) is 3.38. The number of anilines is 2. The van der Waals surface area contributed by atoms with Crippen LogP contribution in [0.15, 0.2) is 53.4 Å². The number of fused-ring (bicyclic) bond motifs is 1. The molecule has 0 spiro atoms. The first-order valence-electron chi connectivity index (χ1n) is 9.16. The Morgan fingerprint density at radius 3 is 2.59 bits per heavy atom. The minimum Gasteiger partial charge on any atom is -0.459 e. The van der Waals surface area contributed by atoms with Crippen molar-refractivity contribution in [1.29, 1.82) is 0 Å². The fourth-order valence-corrected chi connectivity index (χ4v) is 2.83. The molecule has 0 amide bonds. The second-order valence-corrected chi connectivity index (χ2v) is 7.61. The average molecular weight is 391 g/mol. The number of rotatable bonds is 3. The van der Waals surface area contributed by atoms with E-state index in [1.54, 1.807) is 24.7 Å². The third kappa shape index (κ3) is 4.11. The molecule has 4 rings (SSSR count). The summed E-state index contributed by atoms with van der Waals surface area (Å²) in [4.78, 5) is 20.9. The average Bonchev–Trinajstić information content (AvgIpc) is 3.30. The Balaban J connectivity index is 1.53. The van der Waals surface area contributed by atoms with Crippen LogP contribution in [0.4, 0.5) is 16.3 Å². The van der Waals surface area contributed by atoms with Crippen LogP contribution in [0.25, 0.3) is 22.2 Å². The molecule has 3 aromatic heterocycles. The van der Waals surface area contributed by atoms with Gasteiger partial charge in [0.25, 0.3) is 0 Å². The van der Waals surface area contributed by atoms with Gasteiger partial charge in [-0.3, -0.25) is 0 Å². The summed E-state index contributed by atoms with van der Waals surface area (Å²) in [6.45, 7) is 7.28. The third-order valence-corrected chi connectivity index (χ3v) is 4.06. The molecule has 0 fully saturated rings. The van der Waals surface area contributed by atoms with Crippen molar-refractivity contribution in [3.63, 3.8) is 0 Å². The fraction of sp³-hybridized carbons (Fsp3) is 0.238. The molecule has 1 aromatic carbocycles. The zero-order valence-electron chi connectivity index (χ0n) is 16.6. The van der Waals surface area contributed by atoms with Crippen LogP contribution >= 0.6 is 0 Å². The van der Waals surface area contributed by atoms with E-state index in [0.717, 1.165) is 22.3 Å². The third-order valence-electron chi connectivity index (χ3n) is 4.06. The smallest absolute Gasteiger partial charge is 0.435 e. The normalized spacial score (nSPS) is 11.6. The van der Waals surface area contributed by atoms with Gasteiger partial charge in [-0.2, -0.15) is 9.78 Å². The number of carbonyl (C=O) groups excluding carboxylic acids is 1. The van der Waals surface area contributed by atoms with Crippen molar-refractivity contribution >= 4 is 28.7 Å². The van der Waals surface area contributed by atoms with E-state index in [-0.39, 0.29) is 0 Å². The van der Waals surface area contributed by atoms with Crippen molar-refractivity contribution in [2.24, 2.45) is 0 Å². The summed E-state index contributed by atoms with van der Waals surface area (Å²) in [7, 11) is 0. The Labute approximate surface area is 167 Å². The lowest BCUT2D eigenvalue weighted by Crippen LogP contribution is -2.27. The van der Waals surface area contributed by atoms with Crippen LogP contribution in [-0.4, -0.2) is 31.4 Å². The van der Waals surface area contributed by atoms with E-state index in [4.69, 9.17) is 9.15 Å². The van der Waals surface area contributed by atoms with Crippen LogP contribution in [-0.2, 0) is 4.74 Å². The first-order valence-corrected chi connectivity index (χ1v) is 9.16. The van der Waals surface area contributed by atoms with Crippen LogP contribution in [0.5, 0.6) is 0 Å². The van der Waals surface area contributed by atoms with Gasteiger partial charge in [0.15, 0.2) is 11.4 Å². The van der Waals surface area contributed by atoms with Crippen molar-refractivity contribution in [2.45, 2.75) is 33.3 Å². The molecule has 0 saturated heterocycles. The van der Waals surface area contributed by atoms with Gasteiger partial charge in [0.1, 0.15) is 16.9 Å². The molecule has 0 aliphatic rings. The zero-order chi connectivity index (χ0) is 20.6. The highest BCUT2D eigenvalue weighted by Crippen LogP contribution is 2.26. The predicted octanol–water partition coefficient (Wildman–Crippen LogP) is 4.92. The van der Waals surface area contributed by atoms with Gasteiger partial charge in [-0.05, 0) is 45.4 Å². The first-order chi connectivity index (χ1) is 13.8. The molecule has 0 atom stereocenters. The molecular weight excluding hydrogens is 370 g/mol. The van der Waals surface area contributed by atoms with E-state index in [0.29, 0.717) is 17.2 Å². The summed E-state index contributed by atoms with van der Waals surface area (Å²) in [5.74, 6) is 1.27. The molecule has 8 nitrogen and oxygen atoms in total. The summed E-state index contributed by atoms with van der Waals surface area (Å²) in [6, 6.07) is 9.53. The largest absolute Gasteiger partial charge is 0.459 e. The molecule has 0 aliphatic carbocycles. The second-order valence-electron chi connectivity index (χ2n) is 7.61. The SMILES string of the molecule is Cc1nc(Nc2ccc(-c3cnn(C(=O)OC(C)(C)C)c3)cc2)c2occc2n1. The molecule has 0 bridgehead atoms. The maximum absolute atomic E-state index is 12.1. The number of nitrogens with one attached hydrogen (secondary N) is 1. The Morgan fingerprint density at radius 1 is 1.10 bits per heavy atom. The quantitative estimate of drug-likeness (QED) is 0.529. The Hall–Kier alpha value is -3.68. The summed E-state index contributed by atoms with van der Waals surface area (Å²) in [6.07, 6.45) is 4.36.